The summed E-state index contributed by atoms with van der Waals surface area (Å²) in [7, 11) is 0. The average molecular weight is 303 g/mol. The van der Waals surface area contributed by atoms with Gasteiger partial charge in [0.2, 0.25) is 0 Å². The lowest BCUT2D eigenvalue weighted by molar-refractivity contribution is 0.112. The van der Waals surface area contributed by atoms with Crippen molar-refractivity contribution in [3.05, 3.63) is 102 Å². The Morgan fingerprint density at radius 1 is 0.565 bits per heavy atom. The third-order valence-corrected chi connectivity index (χ3v) is 3.66. The van der Waals surface area contributed by atoms with Crippen LogP contribution >= 0.6 is 0 Å². The van der Waals surface area contributed by atoms with Crippen LogP contribution in [0, 0.1) is 0 Å². The van der Waals surface area contributed by atoms with E-state index in [0.717, 1.165) is 18.8 Å². The molecule has 0 N–H and O–H groups in total. The molecule has 3 aromatic rings. The normalized spacial score (nSPS) is 10.7. The fraction of sp³-hybridized carbons (Fsp3) is 0.143. The van der Waals surface area contributed by atoms with Crippen LogP contribution in [0.4, 0.5) is 0 Å². The van der Waals surface area contributed by atoms with Crippen LogP contribution in [0.15, 0.2) is 91.0 Å². The molecular formula is C21H21NO. The molecule has 2 nitrogen and oxygen atoms in total. The van der Waals surface area contributed by atoms with E-state index in [1.165, 1.54) is 11.1 Å². The number of rotatable bonds is 7. The van der Waals surface area contributed by atoms with Crippen molar-refractivity contribution in [2.45, 2.75) is 13.1 Å². The Morgan fingerprint density at radius 2 is 1.00 bits per heavy atom. The summed E-state index contributed by atoms with van der Waals surface area (Å²) in [6, 6.07) is 31.0. The first kappa shape index (κ1) is 15.3. The lowest BCUT2D eigenvalue weighted by Crippen LogP contribution is -2.27. The molecule has 0 atom stereocenters. The van der Waals surface area contributed by atoms with Crippen molar-refractivity contribution >= 4 is 0 Å². The fourth-order valence-electron chi connectivity index (χ4n) is 2.51. The molecule has 0 saturated carbocycles. The van der Waals surface area contributed by atoms with E-state index in [-0.39, 0.29) is 0 Å². The molecule has 3 aromatic carbocycles. The highest BCUT2D eigenvalue weighted by Gasteiger charge is 2.08. The average Bonchev–Trinajstić information content (AvgIpc) is 2.62. The van der Waals surface area contributed by atoms with Gasteiger partial charge in [0, 0.05) is 13.1 Å². The number of para-hydroxylation sites is 1. The van der Waals surface area contributed by atoms with Crippen LogP contribution in [0.1, 0.15) is 11.1 Å². The number of ether oxygens (including phenoxy) is 1. The van der Waals surface area contributed by atoms with Crippen LogP contribution in [0.2, 0.25) is 0 Å². The summed E-state index contributed by atoms with van der Waals surface area (Å²) in [6.45, 7) is 2.29. The molecule has 3 rings (SSSR count). The smallest absolute Gasteiger partial charge is 0.142 e. The largest absolute Gasteiger partial charge is 0.478 e. The third-order valence-electron chi connectivity index (χ3n) is 3.66. The van der Waals surface area contributed by atoms with Gasteiger partial charge in [-0.15, -0.1) is 0 Å². The summed E-state index contributed by atoms with van der Waals surface area (Å²) in [5.74, 6) is 0.902. The number of nitrogens with zero attached hydrogens (tertiary/aromatic N) is 1. The second-order valence-corrected chi connectivity index (χ2v) is 5.54. The van der Waals surface area contributed by atoms with Crippen LogP contribution in [-0.2, 0) is 13.1 Å². The van der Waals surface area contributed by atoms with Gasteiger partial charge in [-0.1, -0.05) is 78.9 Å². The maximum atomic E-state index is 5.94. The molecule has 0 aliphatic rings. The van der Waals surface area contributed by atoms with Crippen molar-refractivity contribution in [1.82, 2.24) is 4.90 Å². The Hall–Kier alpha value is -2.58. The van der Waals surface area contributed by atoms with Crippen molar-refractivity contribution in [3.63, 3.8) is 0 Å². The minimum atomic E-state index is 0.563. The monoisotopic (exact) mass is 303 g/mol. The molecule has 0 aliphatic heterocycles. The highest BCUT2D eigenvalue weighted by atomic mass is 16.5. The van der Waals surface area contributed by atoms with E-state index in [1.54, 1.807) is 0 Å². The maximum Gasteiger partial charge on any atom is 0.142 e. The third kappa shape index (κ3) is 4.97. The fourth-order valence-corrected chi connectivity index (χ4v) is 2.51. The first-order valence-electron chi connectivity index (χ1n) is 7.88. The lowest BCUT2D eigenvalue weighted by Gasteiger charge is -2.23. The zero-order valence-electron chi connectivity index (χ0n) is 13.1. The Bertz CT molecular complexity index is 641. The van der Waals surface area contributed by atoms with Crippen LogP contribution in [0.5, 0.6) is 5.75 Å². The highest BCUT2D eigenvalue weighted by molar-refractivity contribution is 5.21. The van der Waals surface area contributed by atoms with Crippen molar-refractivity contribution < 1.29 is 4.74 Å². The molecular weight excluding hydrogens is 282 g/mol. The molecule has 0 radical (unpaired) electrons. The van der Waals surface area contributed by atoms with Gasteiger partial charge in [-0.3, -0.25) is 4.90 Å². The first-order chi connectivity index (χ1) is 11.4. The summed E-state index contributed by atoms with van der Waals surface area (Å²) in [5.41, 5.74) is 2.58. The molecule has 0 fully saturated rings. The zero-order chi connectivity index (χ0) is 15.7. The van der Waals surface area contributed by atoms with E-state index in [9.17, 15) is 0 Å². The van der Waals surface area contributed by atoms with Crippen LogP contribution in [-0.4, -0.2) is 11.6 Å². The summed E-state index contributed by atoms with van der Waals surface area (Å²) >= 11 is 0. The van der Waals surface area contributed by atoms with Crippen LogP contribution in [0.25, 0.3) is 0 Å². The number of benzene rings is 3. The molecule has 0 heterocycles. The van der Waals surface area contributed by atoms with Gasteiger partial charge in [0.15, 0.2) is 0 Å². The number of hydrogen-bond acceptors (Lipinski definition) is 2. The van der Waals surface area contributed by atoms with Crippen LogP contribution < -0.4 is 4.74 Å². The van der Waals surface area contributed by atoms with Crippen LogP contribution in [0.3, 0.4) is 0 Å². The van der Waals surface area contributed by atoms with E-state index in [1.807, 2.05) is 42.5 Å². The molecule has 2 heteroatoms. The molecule has 0 aliphatic carbocycles. The second-order valence-electron chi connectivity index (χ2n) is 5.54. The molecule has 0 aromatic heterocycles. The van der Waals surface area contributed by atoms with Gasteiger partial charge in [-0.25, -0.2) is 0 Å². The van der Waals surface area contributed by atoms with Crippen molar-refractivity contribution in [2.75, 3.05) is 6.73 Å². The molecule has 0 unspecified atom stereocenters. The molecule has 0 saturated heterocycles. The van der Waals surface area contributed by atoms with Crippen molar-refractivity contribution in [1.29, 1.82) is 0 Å². The predicted octanol–water partition coefficient (Wildman–Crippen LogP) is 4.73. The Kier molecular flexibility index (Phi) is 5.43. The van der Waals surface area contributed by atoms with Gasteiger partial charge in [0.05, 0.1) is 0 Å². The first-order valence-corrected chi connectivity index (χ1v) is 7.88. The minimum absolute atomic E-state index is 0.563. The lowest BCUT2D eigenvalue weighted by atomic mass is 10.2. The van der Waals surface area contributed by atoms with Crippen molar-refractivity contribution in [3.8, 4) is 5.75 Å². The van der Waals surface area contributed by atoms with Gasteiger partial charge >= 0.3 is 0 Å². The zero-order valence-corrected chi connectivity index (χ0v) is 13.1. The van der Waals surface area contributed by atoms with Crippen molar-refractivity contribution in [2.24, 2.45) is 0 Å². The van der Waals surface area contributed by atoms with E-state index in [2.05, 4.69) is 53.4 Å². The van der Waals surface area contributed by atoms with E-state index >= 15 is 0 Å². The quantitative estimate of drug-likeness (QED) is 0.585. The van der Waals surface area contributed by atoms with Gasteiger partial charge < -0.3 is 4.74 Å². The molecule has 23 heavy (non-hydrogen) atoms. The standard InChI is InChI=1S/C21H21NO/c1-4-10-19(11-5-1)16-22(17-20-12-6-2-7-13-20)18-23-21-14-8-3-9-15-21/h1-15H,16-18H2. The van der Waals surface area contributed by atoms with Gasteiger partial charge in [0.1, 0.15) is 12.5 Å². The van der Waals surface area contributed by atoms with Gasteiger partial charge in [0.25, 0.3) is 0 Å². The number of hydrogen-bond donors (Lipinski definition) is 0. The summed E-state index contributed by atoms with van der Waals surface area (Å²) in [5, 5.41) is 0. The Balaban J connectivity index is 1.67. The highest BCUT2D eigenvalue weighted by Crippen LogP contribution is 2.13. The molecule has 0 bridgehead atoms. The Labute approximate surface area is 138 Å². The summed E-state index contributed by atoms with van der Waals surface area (Å²) in [4.78, 5) is 2.30. The maximum absolute atomic E-state index is 5.94. The summed E-state index contributed by atoms with van der Waals surface area (Å²) < 4.78 is 5.94. The van der Waals surface area contributed by atoms with E-state index < -0.39 is 0 Å². The molecule has 116 valence electrons. The van der Waals surface area contributed by atoms with E-state index in [4.69, 9.17) is 4.74 Å². The molecule has 0 amide bonds. The molecule has 0 spiro atoms. The SMILES string of the molecule is c1ccc(CN(COc2ccccc2)Cc2ccccc2)cc1. The topological polar surface area (TPSA) is 12.5 Å². The second kappa shape index (κ2) is 8.16. The minimum Gasteiger partial charge on any atom is -0.478 e. The van der Waals surface area contributed by atoms with E-state index in [0.29, 0.717) is 6.73 Å². The van der Waals surface area contributed by atoms with Gasteiger partial charge in [-0.05, 0) is 23.3 Å². The Morgan fingerprint density at radius 3 is 1.48 bits per heavy atom. The summed E-state index contributed by atoms with van der Waals surface area (Å²) in [6.07, 6.45) is 0. The predicted molar refractivity (Wildman–Crippen MR) is 94.1 cm³/mol. The van der Waals surface area contributed by atoms with Gasteiger partial charge in [-0.2, -0.15) is 0 Å².